The normalized spacial score (nSPS) is 14.0. The first-order valence-electron chi connectivity index (χ1n) is 7.01. The predicted molar refractivity (Wildman–Crippen MR) is 114 cm³/mol. The fourth-order valence-electron chi connectivity index (χ4n) is 1.86. The molecule has 2 heterocycles. The molecule has 8 heteroatoms. The molecule has 2 aromatic heterocycles. The van der Waals surface area contributed by atoms with Crippen LogP contribution in [0.1, 0.15) is 24.3 Å². The van der Waals surface area contributed by atoms with E-state index in [-0.39, 0.29) is 24.0 Å². The summed E-state index contributed by atoms with van der Waals surface area (Å²) in [7, 11) is 0. The molecule has 2 aromatic rings. The number of aliphatic imine (C=N–C) groups is 1. The minimum absolute atomic E-state index is 0. The van der Waals surface area contributed by atoms with Gasteiger partial charge in [-0.15, -0.1) is 35.3 Å². The van der Waals surface area contributed by atoms with Crippen LogP contribution in [0.5, 0.6) is 0 Å². The van der Waals surface area contributed by atoms with Crippen LogP contribution >= 0.6 is 62.6 Å². The molecule has 23 heavy (non-hydrogen) atoms. The number of rotatable bonds is 6. The average Bonchev–Trinajstić information content (AvgIpc) is 3.13. The first-order chi connectivity index (χ1) is 10.5. The van der Waals surface area contributed by atoms with Crippen molar-refractivity contribution in [2.45, 2.75) is 26.0 Å². The van der Waals surface area contributed by atoms with E-state index in [2.05, 4.69) is 37.6 Å². The Labute approximate surface area is 170 Å². The summed E-state index contributed by atoms with van der Waals surface area (Å²) in [5.41, 5.74) is 0.00495. The molecule has 128 valence electrons. The lowest BCUT2D eigenvalue weighted by atomic mass is 9.99. The molecule has 0 aliphatic heterocycles. The second kappa shape index (κ2) is 9.97. The zero-order valence-corrected chi connectivity index (χ0v) is 18.6. The Morgan fingerprint density at radius 3 is 2.74 bits per heavy atom. The maximum Gasteiger partial charge on any atom is 0.191 e. The van der Waals surface area contributed by atoms with Gasteiger partial charge in [0.1, 0.15) is 5.60 Å². The van der Waals surface area contributed by atoms with Gasteiger partial charge in [-0.25, -0.2) is 4.99 Å². The highest BCUT2D eigenvalue weighted by Crippen LogP contribution is 2.22. The second-order valence-electron chi connectivity index (χ2n) is 5.07. The van der Waals surface area contributed by atoms with Crippen LogP contribution in [0.25, 0.3) is 0 Å². The van der Waals surface area contributed by atoms with Crippen LogP contribution in [0, 0.1) is 0 Å². The molecule has 0 fully saturated rings. The van der Waals surface area contributed by atoms with Crippen molar-refractivity contribution in [2.24, 2.45) is 4.99 Å². The molecule has 4 nitrogen and oxygen atoms in total. The lowest BCUT2D eigenvalue weighted by molar-refractivity contribution is 0.0621. The smallest absolute Gasteiger partial charge is 0.191 e. The van der Waals surface area contributed by atoms with Crippen LogP contribution in [-0.2, 0) is 12.1 Å². The summed E-state index contributed by atoms with van der Waals surface area (Å²) < 4.78 is 1.08. The van der Waals surface area contributed by atoms with Crippen LogP contribution in [-0.4, -0.2) is 24.2 Å². The lowest BCUT2D eigenvalue weighted by Crippen LogP contribution is -2.44. The zero-order valence-electron chi connectivity index (χ0n) is 13.0. The van der Waals surface area contributed by atoms with Gasteiger partial charge in [0.05, 0.1) is 13.1 Å². The highest BCUT2D eigenvalue weighted by Gasteiger charge is 2.23. The van der Waals surface area contributed by atoms with Gasteiger partial charge in [-0.2, -0.15) is 11.3 Å². The Morgan fingerprint density at radius 1 is 1.39 bits per heavy atom. The maximum atomic E-state index is 10.5. The number of hydrogen-bond donors (Lipinski definition) is 3. The van der Waals surface area contributed by atoms with Crippen LogP contribution in [0.15, 0.2) is 37.7 Å². The van der Waals surface area contributed by atoms with Crippen LogP contribution in [0.4, 0.5) is 0 Å². The van der Waals surface area contributed by atoms with E-state index in [1.54, 1.807) is 22.7 Å². The molecule has 0 radical (unpaired) electrons. The minimum Gasteiger partial charge on any atom is -0.384 e. The van der Waals surface area contributed by atoms with Crippen LogP contribution in [0.3, 0.4) is 0 Å². The molecule has 0 bridgehead atoms. The number of guanidine groups is 1. The second-order valence-corrected chi connectivity index (χ2v) is 7.76. The molecule has 0 aromatic carbocycles. The fourth-order valence-corrected chi connectivity index (χ4v) is 4.02. The molecule has 0 aliphatic carbocycles. The summed E-state index contributed by atoms with van der Waals surface area (Å²) in [6.45, 7) is 5.63. The molecule has 2 rings (SSSR count). The molecule has 0 aliphatic rings. The SMILES string of the molecule is CCNC(=NCc1cc(Br)cs1)NCC(C)(O)c1ccsc1.I. The summed E-state index contributed by atoms with van der Waals surface area (Å²) in [5.74, 6) is 0.711. The van der Waals surface area contributed by atoms with Crippen molar-refractivity contribution in [3.05, 3.63) is 43.2 Å². The molecular weight excluding hydrogens is 509 g/mol. The lowest BCUT2D eigenvalue weighted by Gasteiger charge is -2.24. The number of aliphatic hydroxyl groups is 1. The molecule has 0 amide bonds. The third kappa shape index (κ3) is 6.69. The number of thiophene rings is 2. The summed E-state index contributed by atoms with van der Waals surface area (Å²) in [4.78, 5) is 5.75. The number of nitrogens with one attached hydrogen (secondary N) is 2. The van der Waals surface area contributed by atoms with E-state index >= 15 is 0 Å². The van der Waals surface area contributed by atoms with Gasteiger partial charge in [0, 0.05) is 21.3 Å². The summed E-state index contributed by atoms with van der Waals surface area (Å²) in [5, 5.41) is 22.9. The minimum atomic E-state index is -0.915. The van der Waals surface area contributed by atoms with E-state index in [0.29, 0.717) is 19.0 Å². The number of hydrogen-bond acceptors (Lipinski definition) is 4. The summed E-state index contributed by atoms with van der Waals surface area (Å²) in [6.07, 6.45) is 0. The molecule has 1 unspecified atom stereocenters. The predicted octanol–water partition coefficient (Wildman–Crippen LogP) is 4.15. The van der Waals surface area contributed by atoms with Gasteiger partial charge in [0.15, 0.2) is 5.96 Å². The average molecular weight is 530 g/mol. The largest absolute Gasteiger partial charge is 0.384 e. The Balaban J connectivity index is 0.00000264. The molecule has 3 N–H and O–H groups in total. The molecule has 0 saturated carbocycles. The standard InChI is InChI=1S/C15H20BrN3OS2.HI/c1-3-17-14(18-7-13-6-12(16)9-22-13)19-10-15(2,20)11-4-5-21-8-11;/h4-6,8-9,20H,3,7,10H2,1-2H3,(H2,17,18,19);1H. The van der Waals surface area contributed by atoms with Gasteiger partial charge in [0.25, 0.3) is 0 Å². The topological polar surface area (TPSA) is 56.7 Å². The van der Waals surface area contributed by atoms with Crippen LogP contribution < -0.4 is 10.6 Å². The van der Waals surface area contributed by atoms with E-state index < -0.39 is 5.60 Å². The number of halogens is 2. The third-order valence-corrected chi connectivity index (χ3v) is 5.47. The van der Waals surface area contributed by atoms with Gasteiger partial charge in [-0.3, -0.25) is 0 Å². The monoisotopic (exact) mass is 529 g/mol. The van der Waals surface area contributed by atoms with Crippen molar-refractivity contribution in [2.75, 3.05) is 13.1 Å². The van der Waals surface area contributed by atoms with E-state index in [9.17, 15) is 5.11 Å². The van der Waals surface area contributed by atoms with E-state index in [0.717, 1.165) is 16.6 Å². The fraction of sp³-hybridized carbons (Fsp3) is 0.400. The highest BCUT2D eigenvalue weighted by atomic mass is 127. The van der Waals surface area contributed by atoms with Crippen molar-refractivity contribution in [1.82, 2.24) is 10.6 Å². The van der Waals surface area contributed by atoms with E-state index in [1.165, 1.54) is 4.88 Å². The van der Waals surface area contributed by atoms with Gasteiger partial charge < -0.3 is 15.7 Å². The highest BCUT2D eigenvalue weighted by molar-refractivity contribution is 14.0. The van der Waals surface area contributed by atoms with Crippen molar-refractivity contribution in [3.8, 4) is 0 Å². The molecule has 1 atom stereocenters. The Bertz CT molecular complexity index is 614. The third-order valence-electron chi connectivity index (χ3n) is 3.10. The zero-order chi connectivity index (χ0) is 16.0. The molecule has 0 spiro atoms. The quantitative estimate of drug-likeness (QED) is 0.299. The van der Waals surface area contributed by atoms with Crippen molar-refractivity contribution < 1.29 is 5.11 Å². The van der Waals surface area contributed by atoms with Crippen molar-refractivity contribution >= 4 is 68.5 Å². The molecule has 0 saturated heterocycles. The van der Waals surface area contributed by atoms with Crippen molar-refractivity contribution in [1.29, 1.82) is 0 Å². The molecular formula is C15H21BrIN3OS2. The first kappa shape index (κ1) is 20.9. The number of nitrogens with zero attached hydrogens (tertiary/aromatic N) is 1. The van der Waals surface area contributed by atoms with Gasteiger partial charge in [0.2, 0.25) is 0 Å². The Hall–Kier alpha value is -0.160. The van der Waals surface area contributed by atoms with Crippen molar-refractivity contribution in [3.63, 3.8) is 0 Å². The Morgan fingerprint density at radius 2 is 2.17 bits per heavy atom. The van der Waals surface area contributed by atoms with Gasteiger partial charge >= 0.3 is 0 Å². The van der Waals surface area contributed by atoms with E-state index in [4.69, 9.17) is 0 Å². The van der Waals surface area contributed by atoms with E-state index in [1.807, 2.05) is 36.1 Å². The van der Waals surface area contributed by atoms with Crippen LogP contribution in [0.2, 0.25) is 0 Å². The Kier molecular flexibility index (Phi) is 9.06. The van der Waals surface area contributed by atoms with Gasteiger partial charge in [-0.05, 0) is 58.2 Å². The van der Waals surface area contributed by atoms with Gasteiger partial charge in [-0.1, -0.05) is 0 Å². The summed E-state index contributed by atoms with van der Waals surface area (Å²) in [6, 6.07) is 4.01. The maximum absolute atomic E-state index is 10.5. The summed E-state index contributed by atoms with van der Waals surface area (Å²) >= 11 is 6.71. The first-order valence-corrected chi connectivity index (χ1v) is 9.63.